The lowest BCUT2D eigenvalue weighted by molar-refractivity contribution is -0.135. The summed E-state index contributed by atoms with van der Waals surface area (Å²) in [5, 5.41) is 8.90. The molecule has 0 aliphatic heterocycles. The second kappa shape index (κ2) is 7.70. The Balaban J connectivity index is 3.13. The molecule has 0 N–H and O–H groups in total. The van der Waals surface area contributed by atoms with Crippen molar-refractivity contribution >= 4 is 18.0 Å². The number of hydrogen-bond donors (Lipinski definition) is 0. The van der Waals surface area contributed by atoms with Gasteiger partial charge in [-0.1, -0.05) is 13.0 Å². The SMILES string of the molecule is CCC(=O)Oc1ccc(/C=C(/C#N)C(=O)OC)cc1OC. The number of nitriles is 1. The molecular weight excluding hydrogens is 274 g/mol. The molecule has 0 atom stereocenters. The van der Waals surface area contributed by atoms with Gasteiger partial charge in [0.25, 0.3) is 0 Å². The third kappa shape index (κ3) is 4.35. The summed E-state index contributed by atoms with van der Waals surface area (Å²) in [6, 6.07) is 6.44. The van der Waals surface area contributed by atoms with Crippen LogP contribution in [-0.4, -0.2) is 26.2 Å². The van der Waals surface area contributed by atoms with Gasteiger partial charge in [0.15, 0.2) is 11.5 Å². The van der Waals surface area contributed by atoms with Crippen molar-refractivity contribution in [2.45, 2.75) is 13.3 Å². The number of ether oxygens (including phenoxy) is 3. The number of carbonyl (C=O) groups is 2. The van der Waals surface area contributed by atoms with Crippen molar-refractivity contribution in [1.82, 2.24) is 0 Å². The Morgan fingerprint density at radius 3 is 2.52 bits per heavy atom. The van der Waals surface area contributed by atoms with Crippen LogP contribution in [0.2, 0.25) is 0 Å². The summed E-state index contributed by atoms with van der Waals surface area (Å²) >= 11 is 0. The van der Waals surface area contributed by atoms with E-state index in [1.807, 2.05) is 0 Å². The molecule has 0 unspecified atom stereocenters. The topological polar surface area (TPSA) is 85.6 Å². The van der Waals surface area contributed by atoms with Gasteiger partial charge in [-0.15, -0.1) is 0 Å². The molecule has 0 aliphatic rings. The van der Waals surface area contributed by atoms with Gasteiger partial charge in [-0.05, 0) is 23.8 Å². The molecule has 0 bridgehead atoms. The number of benzene rings is 1. The molecule has 0 spiro atoms. The number of hydrogen-bond acceptors (Lipinski definition) is 6. The molecule has 110 valence electrons. The molecule has 0 aromatic heterocycles. The minimum Gasteiger partial charge on any atom is -0.493 e. The van der Waals surface area contributed by atoms with Crippen molar-refractivity contribution in [3.8, 4) is 17.6 Å². The summed E-state index contributed by atoms with van der Waals surface area (Å²) in [4.78, 5) is 22.6. The standard InChI is InChI=1S/C15H15NO5/c1-4-14(17)21-12-6-5-10(8-13(12)19-2)7-11(9-16)15(18)20-3/h5-8H,4H2,1-3H3/b11-7-. The van der Waals surface area contributed by atoms with Crippen LogP contribution in [0.4, 0.5) is 0 Å². The van der Waals surface area contributed by atoms with E-state index in [9.17, 15) is 9.59 Å². The molecule has 21 heavy (non-hydrogen) atoms. The molecule has 1 rings (SSSR count). The van der Waals surface area contributed by atoms with Crippen molar-refractivity contribution in [1.29, 1.82) is 5.26 Å². The van der Waals surface area contributed by atoms with Crippen LogP contribution in [0.1, 0.15) is 18.9 Å². The van der Waals surface area contributed by atoms with Crippen molar-refractivity contribution in [3.63, 3.8) is 0 Å². The average molecular weight is 289 g/mol. The van der Waals surface area contributed by atoms with Crippen LogP contribution in [0, 0.1) is 11.3 Å². The zero-order valence-corrected chi connectivity index (χ0v) is 12.0. The van der Waals surface area contributed by atoms with E-state index in [1.54, 1.807) is 25.1 Å². The first kappa shape index (κ1) is 16.2. The zero-order chi connectivity index (χ0) is 15.8. The molecule has 0 radical (unpaired) electrons. The summed E-state index contributed by atoms with van der Waals surface area (Å²) in [7, 11) is 2.62. The fourth-order valence-electron chi connectivity index (χ4n) is 1.47. The van der Waals surface area contributed by atoms with Crippen LogP contribution in [-0.2, 0) is 14.3 Å². The number of carbonyl (C=O) groups excluding carboxylic acids is 2. The molecule has 6 nitrogen and oxygen atoms in total. The molecule has 1 aromatic carbocycles. The summed E-state index contributed by atoms with van der Waals surface area (Å²) in [5.41, 5.74) is 0.406. The van der Waals surface area contributed by atoms with Crippen LogP contribution >= 0.6 is 0 Å². The van der Waals surface area contributed by atoms with Crippen LogP contribution in [0.15, 0.2) is 23.8 Å². The summed E-state index contributed by atoms with van der Waals surface area (Å²) in [6.45, 7) is 1.68. The molecule has 0 saturated heterocycles. The van der Waals surface area contributed by atoms with Crippen LogP contribution in [0.25, 0.3) is 6.08 Å². The monoisotopic (exact) mass is 289 g/mol. The van der Waals surface area contributed by atoms with E-state index in [-0.39, 0.29) is 23.7 Å². The maximum Gasteiger partial charge on any atom is 0.348 e. The van der Waals surface area contributed by atoms with Crippen molar-refractivity contribution in [3.05, 3.63) is 29.3 Å². The number of nitrogens with zero attached hydrogens (tertiary/aromatic N) is 1. The lowest BCUT2D eigenvalue weighted by Crippen LogP contribution is -2.06. The van der Waals surface area contributed by atoms with Gasteiger partial charge < -0.3 is 14.2 Å². The predicted molar refractivity (Wildman–Crippen MR) is 74.5 cm³/mol. The van der Waals surface area contributed by atoms with E-state index < -0.39 is 5.97 Å². The minimum absolute atomic E-state index is 0.141. The first-order chi connectivity index (χ1) is 10.0. The maximum atomic E-state index is 11.3. The molecule has 0 saturated carbocycles. The van der Waals surface area contributed by atoms with E-state index >= 15 is 0 Å². The number of methoxy groups -OCH3 is 2. The zero-order valence-electron chi connectivity index (χ0n) is 12.0. The second-order valence-electron chi connectivity index (χ2n) is 3.90. The molecule has 0 heterocycles. The average Bonchev–Trinajstić information content (AvgIpc) is 2.52. The third-order valence-electron chi connectivity index (χ3n) is 2.54. The highest BCUT2D eigenvalue weighted by Gasteiger charge is 2.12. The second-order valence-corrected chi connectivity index (χ2v) is 3.90. The first-order valence-electron chi connectivity index (χ1n) is 6.14. The molecule has 0 fully saturated rings. The van der Waals surface area contributed by atoms with E-state index in [4.69, 9.17) is 14.7 Å². The largest absolute Gasteiger partial charge is 0.493 e. The summed E-state index contributed by atoms with van der Waals surface area (Å²) in [5.74, 6) is -0.507. The van der Waals surface area contributed by atoms with E-state index in [1.165, 1.54) is 26.4 Å². The van der Waals surface area contributed by atoms with E-state index in [0.29, 0.717) is 11.3 Å². The van der Waals surface area contributed by atoms with Crippen LogP contribution < -0.4 is 9.47 Å². The highest BCUT2D eigenvalue weighted by atomic mass is 16.6. The van der Waals surface area contributed by atoms with Gasteiger partial charge in [0.2, 0.25) is 0 Å². The van der Waals surface area contributed by atoms with E-state index in [0.717, 1.165) is 0 Å². The van der Waals surface area contributed by atoms with Gasteiger partial charge >= 0.3 is 11.9 Å². The lowest BCUT2D eigenvalue weighted by atomic mass is 10.1. The van der Waals surface area contributed by atoms with Gasteiger partial charge in [-0.2, -0.15) is 5.26 Å². The molecule has 6 heteroatoms. The minimum atomic E-state index is -0.724. The quantitative estimate of drug-likeness (QED) is 0.357. The maximum absolute atomic E-state index is 11.3. The smallest absolute Gasteiger partial charge is 0.348 e. The fourth-order valence-corrected chi connectivity index (χ4v) is 1.47. The predicted octanol–water partition coefficient (Wildman–Crippen LogP) is 2.09. The molecule has 0 amide bonds. The Bertz CT molecular complexity index is 613. The summed E-state index contributed by atoms with van der Waals surface area (Å²) in [6.07, 6.45) is 1.60. The molecular formula is C15H15NO5. The highest BCUT2D eigenvalue weighted by Crippen LogP contribution is 2.29. The Morgan fingerprint density at radius 2 is 2.00 bits per heavy atom. The number of rotatable bonds is 5. The Morgan fingerprint density at radius 1 is 1.29 bits per heavy atom. The van der Waals surface area contributed by atoms with Gasteiger partial charge in [0.1, 0.15) is 11.6 Å². The van der Waals surface area contributed by atoms with Crippen molar-refractivity contribution < 1.29 is 23.8 Å². The first-order valence-corrected chi connectivity index (χ1v) is 6.14. The Hall–Kier alpha value is -2.81. The Kier molecular flexibility index (Phi) is 5.96. The van der Waals surface area contributed by atoms with Crippen molar-refractivity contribution in [2.24, 2.45) is 0 Å². The summed E-state index contributed by atoms with van der Waals surface area (Å²) < 4.78 is 14.7. The van der Waals surface area contributed by atoms with Gasteiger partial charge in [-0.3, -0.25) is 4.79 Å². The van der Waals surface area contributed by atoms with Gasteiger partial charge in [-0.25, -0.2) is 4.79 Å². The van der Waals surface area contributed by atoms with E-state index in [2.05, 4.69) is 4.74 Å². The fraction of sp³-hybridized carbons (Fsp3) is 0.267. The van der Waals surface area contributed by atoms with Gasteiger partial charge in [0, 0.05) is 6.42 Å². The van der Waals surface area contributed by atoms with Crippen molar-refractivity contribution in [2.75, 3.05) is 14.2 Å². The Labute approximate surface area is 122 Å². The molecule has 1 aromatic rings. The lowest BCUT2D eigenvalue weighted by Gasteiger charge is -2.09. The van der Waals surface area contributed by atoms with Crippen LogP contribution in [0.3, 0.4) is 0 Å². The van der Waals surface area contributed by atoms with Crippen LogP contribution in [0.5, 0.6) is 11.5 Å². The van der Waals surface area contributed by atoms with Gasteiger partial charge in [0.05, 0.1) is 14.2 Å². The number of esters is 2. The molecule has 0 aliphatic carbocycles. The highest BCUT2D eigenvalue weighted by molar-refractivity contribution is 5.97. The third-order valence-corrected chi connectivity index (χ3v) is 2.54. The normalized spacial score (nSPS) is 10.5.